The molecule has 0 aliphatic carbocycles. The van der Waals surface area contributed by atoms with E-state index in [-0.39, 0.29) is 13.2 Å². The van der Waals surface area contributed by atoms with E-state index in [0.29, 0.717) is 0 Å². The van der Waals surface area contributed by atoms with Gasteiger partial charge in [0.1, 0.15) is 6.61 Å². The molecule has 1 N–H and O–H groups in total. The topological polar surface area (TPSA) is 38.3 Å². The van der Waals surface area contributed by atoms with E-state index in [1.807, 2.05) is 60.7 Å². The van der Waals surface area contributed by atoms with Crippen LogP contribution < -0.4 is 5.32 Å². The zero-order valence-corrected chi connectivity index (χ0v) is 15.0. The molecule has 0 spiro atoms. The normalized spacial score (nSPS) is 9.78. The lowest BCUT2D eigenvalue weighted by Gasteiger charge is -2.04. The molecule has 0 atom stereocenters. The van der Waals surface area contributed by atoms with Gasteiger partial charge in [-0.3, -0.25) is 0 Å². The van der Waals surface area contributed by atoms with E-state index < -0.39 is 6.09 Å². The van der Waals surface area contributed by atoms with Crippen LogP contribution in [-0.4, -0.2) is 12.6 Å². The lowest BCUT2D eigenvalue weighted by atomic mass is 10.0. The maximum atomic E-state index is 11.6. The predicted molar refractivity (Wildman–Crippen MR) is 107 cm³/mol. The molecular formula is C24H21NO2. The molecular weight excluding hydrogens is 334 g/mol. The second kappa shape index (κ2) is 9.84. The van der Waals surface area contributed by atoms with Crippen molar-refractivity contribution in [2.75, 3.05) is 6.54 Å². The van der Waals surface area contributed by atoms with Gasteiger partial charge >= 0.3 is 6.09 Å². The van der Waals surface area contributed by atoms with Gasteiger partial charge in [-0.2, -0.15) is 0 Å². The lowest BCUT2D eigenvalue weighted by molar-refractivity contribution is 0.141. The van der Waals surface area contributed by atoms with Crippen LogP contribution in [0.1, 0.15) is 22.3 Å². The predicted octanol–water partition coefficient (Wildman–Crippen LogP) is 4.56. The van der Waals surface area contributed by atoms with Gasteiger partial charge in [-0.25, -0.2) is 4.79 Å². The first-order valence-corrected chi connectivity index (χ1v) is 8.86. The summed E-state index contributed by atoms with van der Waals surface area (Å²) in [6, 6.07) is 28.1. The molecule has 0 saturated heterocycles. The van der Waals surface area contributed by atoms with Crippen LogP contribution >= 0.6 is 0 Å². The van der Waals surface area contributed by atoms with Crippen molar-refractivity contribution in [2.45, 2.75) is 13.0 Å². The fourth-order valence-electron chi connectivity index (χ4n) is 2.57. The Morgan fingerprint density at radius 2 is 1.37 bits per heavy atom. The molecule has 0 aliphatic heterocycles. The van der Waals surface area contributed by atoms with E-state index in [1.54, 1.807) is 0 Å². The van der Waals surface area contributed by atoms with Gasteiger partial charge in [0.15, 0.2) is 0 Å². The second-order valence-corrected chi connectivity index (χ2v) is 6.08. The molecule has 3 heteroatoms. The molecule has 1 amide bonds. The van der Waals surface area contributed by atoms with Crippen molar-refractivity contribution < 1.29 is 9.53 Å². The van der Waals surface area contributed by atoms with Gasteiger partial charge in [-0.15, -0.1) is 0 Å². The Kier molecular flexibility index (Phi) is 6.66. The summed E-state index contributed by atoms with van der Waals surface area (Å²) in [5.74, 6) is 5.98. The molecule has 0 aliphatic rings. The van der Waals surface area contributed by atoms with Gasteiger partial charge in [-0.1, -0.05) is 84.6 Å². The molecule has 0 aromatic heterocycles. The van der Waals surface area contributed by atoms with E-state index in [4.69, 9.17) is 4.74 Å². The number of ether oxygens (including phenoxy) is 1. The molecule has 134 valence electrons. The lowest BCUT2D eigenvalue weighted by Crippen LogP contribution is -2.24. The Labute approximate surface area is 160 Å². The highest BCUT2D eigenvalue weighted by Gasteiger charge is 2.00. The number of nitrogens with one attached hydrogen (secondary N) is 1. The van der Waals surface area contributed by atoms with Crippen LogP contribution in [-0.2, 0) is 17.8 Å². The molecule has 27 heavy (non-hydrogen) atoms. The molecule has 0 radical (unpaired) electrons. The number of hydrogen-bond donors (Lipinski definition) is 1. The Morgan fingerprint density at radius 1 is 0.778 bits per heavy atom. The fourth-order valence-corrected chi connectivity index (χ4v) is 2.57. The quantitative estimate of drug-likeness (QED) is 0.682. The Balaban J connectivity index is 1.42. The Bertz CT molecular complexity index is 907. The Morgan fingerprint density at radius 3 is 2.04 bits per heavy atom. The largest absolute Gasteiger partial charge is 0.445 e. The van der Waals surface area contributed by atoms with E-state index in [9.17, 15) is 4.79 Å². The van der Waals surface area contributed by atoms with Crippen LogP contribution in [0.3, 0.4) is 0 Å². The van der Waals surface area contributed by atoms with Crippen molar-refractivity contribution >= 4 is 6.09 Å². The highest BCUT2D eigenvalue weighted by Crippen LogP contribution is 2.10. The summed E-state index contributed by atoms with van der Waals surface area (Å²) in [6.45, 7) is 0.502. The van der Waals surface area contributed by atoms with Crippen molar-refractivity contribution in [3.05, 3.63) is 107 Å². The Hall–Kier alpha value is -3.51. The third kappa shape index (κ3) is 6.37. The summed E-state index contributed by atoms with van der Waals surface area (Å²) in [5, 5.41) is 2.63. The van der Waals surface area contributed by atoms with E-state index in [1.165, 1.54) is 11.1 Å². The molecule has 3 nitrogen and oxygen atoms in total. The van der Waals surface area contributed by atoms with Gasteiger partial charge < -0.3 is 10.1 Å². The van der Waals surface area contributed by atoms with Crippen molar-refractivity contribution in [1.82, 2.24) is 5.32 Å². The van der Waals surface area contributed by atoms with Crippen LogP contribution in [0.25, 0.3) is 0 Å². The molecule has 0 unspecified atom stereocenters. The van der Waals surface area contributed by atoms with Crippen molar-refractivity contribution in [1.29, 1.82) is 0 Å². The summed E-state index contributed by atoms with van der Waals surface area (Å²) in [7, 11) is 0. The number of carbonyl (C=O) groups excluding carboxylic acids is 1. The highest BCUT2D eigenvalue weighted by molar-refractivity contribution is 5.67. The number of benzene rings is 3. The van der Waals surface area contributed by atoms with Crippen molar-refractivity contribution in [3.8, 4) is 11.8 Å². The third-order valence-corrected chi connectivity index (χ3v) is 3.97. The zero-order valence-electron chi connectivity index (χ0n) is 15.0. The number of alkyl carbamates (subject to hydrolysis) is 1. The molecule has 3 aromatic carbocycles. The summed E-state index contributed by atoms with van der Waals surface area (Å²) < 4.78 is 5.13. The summed E-state index contributed by atoms with van der Waals surface area (Å²) in [4.78, 5) is 11.6. The first-order valence-electron chi connectivity index (χ1n) is 8.86. The average molecular weight is 355 g/mol. The minimum atomic E-state index is -0.466. The van der Waals surface area contributed by atoms with Crippen LogP contribution in [0.5, 0.6) is 0 Å². The van der Waals surface area contributed by atoms with Crippen LogP contribution in [0.4, 0.5) is 4.79 Å². The summed E-state index contributed by atoms with van der Waals surface area (Å²) >= 11 is 0. The minimum absolute atomic E-state index is 0.249. The van der Waals surface area contributed by atoms with Gasteiger partial charge in [0.2, 0.25) is 0 Å². The zero-order chi connectivity index (χ0) is 18.7. The van der Waals surface area contributed by atoms with Gasteiger partial charge in [0.25, 0.3) is 0 Å². The maximum Gasteiger partial charge on any atom is 0.408 e. The average Bonchev–Trinajstić information content (AvgIpc) is 2.72. The molecule has 0 saturated carbocycles. The van der Waals surface area contributed by atoms with Gasteiger partial charge in [0.05, 0.1) is 6.54 Å². The van der Waals surface area contributed by atoms with Crippen molar-refractivity contribution in [3.63, 3.8) is 0 Å². The van der Waals surface area contributed by atoms with Crippen LogP contribution in [0.15, 0.2) is 84.9 Å². The van der Waals surface area contributed by atoms with E-state index >= 15 is 0 Å². The molecule has 3 rings (SSSR count). The standard InChI is InChI=1S/C24H21NO2/c26-24(27-19-23-10-5-2-6-11-23)25-17-7-12-20-13-15-22(16-14-20)18-21-8-3-1-4-9-21/h1-6,8-11,13-16H,17-19H2,(H,25,26). The summed E-state index contributed by atoms with van der Waals surface area (Å²) in [5.41, 5.74) is 4.41. The minimum Gasteiger partial charge on any atom is -0.445 e. The maximum absolute atomic E-state index is 11.6. The van der Waals surface area contributed by atoms with Crippen LogP contribution in [0, 0.1) is 11.8 Å². The number of carbonyl (C=O) groups is 1. The van der Waals surface area contributed by atoms with Crippen LogP contribution in [0.2, 0.25) is 0 Å². The third-order valence-electron chi connectivity index (χ3n) is 3.97. The second-order valence-electron chi connectivity index (χ2n) is 6.08. The fraction of sp³-hybridized carbons (Fsp3) is 0.125. The number of rotatable bonds is 5. The molecule has 3 aromatic rings. The van der Waals surface area contributed by atoms with Gasteiger partial charge in [0, 0.05) is 5.56 Å². The highest BCUT2D eigenvalue weighted by atomic mass is 16.5. The van der Waals surface area contributed by atoms with Gasteiger partial charge in [-0.05, 0) is 35.2 Å². The molecule has 0 heterocycles. The first-order chi connectivity index (χ1) is 13.3. The molecule has 0 fully saturated rings. The molecule has 0 bridgehead atoms. The summed E-state index contributed by atoms with van der Waals surface area (Å²) in [6.07, 6.45) is 0.440. The smallest absolute Gasteiger partial charge is 0.408 e. The number of hydrogen-bond acceptors (Lipinski definition) is 2. The number of amides is 1. The SMILES string of the molecule is O=C(NCC#Cc1ccc(Cc2ccccc2)cc1)OCc1ccccc1. The first kappa shape index (κ1) is 18.3. The monoisotopic (exact) mass is 355 g/mol. The van der Waals surface area contributed by atoms with Crippen molar-refractivity contribution in [2.24, 2.45) is 0 Å². The van der Waals surface area contributed by atoms with E-state index in [2.05, 4.69) is 41.4 Å². The van der Waals surface area contributed by atoms with E-state index in [0.717, 1.165) is 17.5 Å².